The normalized spacial score (nSPS) is 10.5. The first-order valence-corrected chi connectivity index (χ1v) is 5.87. The lowest BCUT2D eigenvalue weighted by atomic mass is 10.1. The van der Waals surface area contributed by atoms with Gasteiger partial charge in [-0.2, -0.15) is 0 Å². The van der Waals surface area contributed by atoms with Crippen molar-refractivity contribution in [3.8, 4) is 0 Å². The molecule has 1 aromatic heterocycles. The van der Waals surface area contributed by atoms with Crippen LogP contribution in [0.25, 0.3) is 0 Å². The molecular formula is C12H14N2S. The SMILES string of the molecule is Cc1csc(CCc2cccc(N)c2)n1. The average Bonchev–Trinajstić information content (AvgIpc) is 2.62. The van der Waals surface area contributed by atoms with Gasteiger partial charge in [-0.05, 0) is 31.0 Å². The van der Waals surface area contributed by atoms with Crippen LogP contribution in [0.15, 0.2) is 29.6 Å². The lowest BCUT2D eigenvalue weighted by molar-refractivity contribution is 0.937. The van der Waals surface area contributed by atoms with Gasteiger partial charge < -0.3 is 5.73 Å². The van der Waals surface area contributed by atoms with Gasteiger partial charge in [0, 0.05) is 23.2 Å². The summed E-state index contributed by atoms with van der Waals surface area (Å²) in [5.74, 6) is 0. The van der Waals surface area contributed by atoms with Crippen molar-refractivity contribution in [1.82, 2.24) is 4.98 Å². The van der Waals surface area contributed by atoms with Crippen molar-refractivity contribution in [2.75, 3.05) is 5.73 Å². The number of nitrogens with two attached hydrogens (primary N) is 1. The molecule has 2 nitrogen and oxygen atoms in total. The van der Waals surface area contributed by atoms with Gasteiger partial charge in [0.25, 0.3) is 0 Å². The molecule has 0 aliphatic rings. The molecule has 1 aromatic carbocycles. The molecule has 0 saturated heterocycles. The summed E-state index contributed by atoms with van der Waals surface area (Å²) in [6, 6.07) is 8.05. The van der Waals surface area contributed by atoms with E-state index in [2.05, 4.69) is 16.4 Å². The third kappa shape index (κ3) is 2.80. The zero-order valence-corrected chi connectivity index (χ0v) is 9.55. The van der Waals surface area contributed by atoms with E-state index in [-0.39, 0.29) is 0 Å². The Labute approximate surface area is 93.8 Å². The maximum absolute atomic E-state index is 5.72. The van der Waals surface area contributed by atoms with Crippen LogP contribution in [0.4, 0.5) is 5.69 Å². The fourth-order valence-corrected chi connectivity index (χ4v) is 2.29. The Morgan fingerprint density at radius 3 is 2.87 bits per heavy atom. The number of nitrogen functional groups attached to an aromatic ring is 1. The van der Waals surface area contributed by atoms with Gasteiger partial charge in [0.1, 0.15) is 0 Å². The lowest BCUT2D eigenvalue weighted by Crippen LogP contribution is -1.92. The van der Waals surface area contributed by atoms with Crippen LogP contribution in [-0.4, -0.2) is 4.98 Å². The molecule has 0 unspecified atom stereocenters. The number of anilines is 1. The van der Waals surface area contributed by atoms with E-state index in [0.717, 1.165) is 24.2 Å². The highest BCUT2D eigenvalue weighted by Gasteiger charge is 1.99. The largest absolute Gasteiger partial charge is 0.399 e. The first kappa shape index (κ1) is 10.2. The number of hydrogen-bond acceptors (Lipinski definition) is 3. The molecular weight excluding hydrogens is 204 g/mol. The topological polar surface area (TPSA) is 38.9 Å². The van der Waals surface area contributed by atoms with Crippen molar-refractivity contribution in [2.45, 2.75) is 19.8 Å². The summed E-state index contributed by atoms with van der Waals surface area (Å²) < 4.78 is 0. The zero-order chi connectivity index (χ0) is 10.7. The Bertz CT molecular complexity index is 448. The van der Waals surface area contributed by atoms with Crippen LogP contribution in [-0.2, 0) is 12.8 Å². The Balaban J connectivity index is 1.99. The van der Waals surface area contributed by atoms with Crippen molar-refractivity contribution in [2.24, 2.45) is 0 Å². The summed E-state index contributed by atoms with van der Waals surface area (Å²) in [6.07, 6.45) is 2.01. The molecule has 2 aromatic rings. The number of benzene rings is 1. The van der Waals surface area contributed by atoms with Gasteiger partial charge in [-0.15, -0.1) is 11.3 Å². The fraction of sp³-hybridized carbons (Fsp3) is 0.250. The molecule has 15 heavy (non-hydrogen) atoms. The second kappa shape index (κ2) is 4.45. The Morgan fingerprint density at radius 2 is 2.20 bits per heavy atom. The van der Waals surface area contributed by atoms with E-state index < -0.39 is 0 Å². The Hall–Kier alpha value is -1.35. The standard InChI is InChI=1S/C12H14N2S/c1-9-8-15-12(14-9)6-5-10-3-2-4-11(13)7-10/h2-4,7-8H,5-6,13H2,1H3. The van der Waals surface area contributed by atoms with Gasteiger partial charge in [-0.3, -0.25) is 0 Å². The van der Waals surface area contributed by atoms with Crippen molar-refractivity contribution in [3.63, 3.8) is 0 Å². The molecule has 0 aliphatic carbocycles. The van der Waals surface area contributed by atoms with Gasteiger partial charge >= 0.3 is 0 Å². The number of thiazole rings is 1. The van der Waals surface area contributed by atoms with E-state index in [9.17, 15) is 0 Å². The van der Waals surface area contributed by atoms with Crippen LogP contribution in [0.5, 0.6) is 0 Å². The van der Waals surface area contributed by atoms with Gasteiger partial charge in [-0.25, -0.2) is 4.98 Å². The summed E-state index contributed by atoms with van der Waals surface area (Å²) in [6.45, 7) is 2.03. The smallest absolute Gasteiger partial charge is 0.0931 e. The molecule has 1 heterocycles. The molecule has 0 spiro atoms. The summed E-state index contributed by atoms with van der Waals surface area (Å²) in [5.41, 5.74) is 8.95. The van der Waals surface area contributed by atoms with Crippen molar-refractivity contribution in [3.05, 3.63) is 45.9 Å². The highest BCUT2D eigenvalue weighted by Crippen LogP contribution is 2.13. The van der Waals surface area contributed by atoms with Crippen LogP contribution < -0.4 is 5.73 Å². The number of rotatable bonds is 3. The van der Waals surface area contributed by atoms with E-state index in [1.54, 1.807) is 11.3 Å². The van der Waals surface area contributed by atoms with E-state index in [0.29, 0.717) is 0 Å². The first-order chi connectivity index (χ1) is 7.24. The molecule has 0 amide bonds. The Kier molecular flexibility index (Phi) is 3.02. The van der Waals surface area contributed by atoms with Crippen LogP contribution in [0.1, 0.15) is 16.3 Å². The van der Waals surface area contributed by atoms with Crippen molar-refractivity contribution < 1.29 is 0 Å². The molecule has 0 bridgehead atoms. The summed E-state index contributed by atoms with van der Waals surface area (Å²) in [4.78, 5) is 4.44. The van der Waals surface area contributed by atoms with Gasteiger partial charge in [-0.1, -0.05) is 12.1 Å². The third-order valence-electron chi connectivity index (χ3n) is 2.25. The van der Waals surface area contributed by atoms with Crippen LogP contribution in [0.3, 0.4) is 0 Å². The number of aromatic nitrogens is 1. The summed E-state index contributed by atoms with van der Waals surface area (Å²) in [7, 11) is 0. The fourth-order valence-electron chi connectivity index (χ4n) is 1.52. The summed E-state index contributed by atoms with van der Waals surface area (Å²) >= 11 is 1.73. The minimum absolute atomic E-state index is 0.836. The zero-order valence-electron chi connectivity index (χ0n) is 8.73. The van der Waals surface area contributed by atoms with Crippen molar-refractivity contribution >= 4 is 17.0 Å². The number of aryl methyl sites for hydroxylation is 3. The van der Waals surface area contributed by atoms with Crippen molar-refractivity contribution in [1.29, 1.82) is 0 Å². The minimum Gasteiger partial charge on any atom is -0.399 e. The second-order valence-corrected chi connectivity index (χ2v) is 4.57. The molecule has 0 aliphatic heterocycles. The number of nitrogens with zero attached hydrogens (tertiary/aromatic N) is 1. The van der Waals surface area contributed by atoms with Crippen LogP contribution in [0.2, 0.25) is 0 Å². The highest BCUT2D eigenvalue weighted by molar-refractivity contribution is 7.09. The molecule has 3 heteroatoms. The minimum atomic E-state index is 0.836. The van der Waals surface area contributed by atoms with Gasteiger partial charge in [0.05, 0.1) is 5.01 Å². The predicted octanol–water partition coefficient (Wildman–Crippen LogP) is 2.82. The monoisotopic (exact) mass is 218 g/mol. The van der Waals surface area contributed by atoms with E-state index >= 15 is 0 Å². The molecule has 78 valence electrons. The van der Waals surface area contributed by atoms with E-state index in [1.807, 2.05) is 25.1 Å². The highest BCUT2D eigenvalue weighted by atomic mass is 32.1. The lowest BCUT2D eigenvalue weighted by Gasteiger charge is -2.00. The van der Waals surface area contributed by atoms with Gasteiger partial charge in [0.2, 0.25) is 0 Å². The molecule has 0 fully saturated rings. The van der Waals surface area contributed by atoms with E-state index in [4.69, 9.17) is 5.73 Å². The van der Waals surface area contributed by atoms with Gasteiger partial charge in [0.15, 0.2) is 0 Å². The maximum atomic E-state index is 5.72. The number of hydrogen-bond donors (Lipinski definition) is 1. The molecule has 2 rings (SSSR count). The quantitative estimate of drug-likeness (QED) is 0.805. The first-order valence-electron chi connectivity index (χ1n) is 4.99. The molecule has 0 radical (unpaired) electrons. The summed E-state index contributed by atoms with van der Waals surface area (Å²) in [5, 5.41) is 3.30. The second-order valence-electron chi connectivity index (χ2n) is 3.63. The maximum Gasteiger partial charge on any atom is 0.0931 e. The average molecular weight is 218 g/mol. The molecule has 0 saturated carbocycles. The van der Waals surface area contributed by atoms with Crippen LogP contribution >= 0.6 is 11.3 Å². The molecule has 0 atom stereocenters. The predicted molar refractivity (Wildman–Crippen MR) is 65.1 cm³/mol. The third-order valence-corrected chi connectivity index (χ3v) is 3.27. The molecule has 2 N–H and O–H groups in total. The van der Waals surface area contributed by atoms with Crippen LogP contribution in [0, 0.1) is 6.92 Å². The van der Waals surface area contributed by atoms with E-state index in [1.165, 1.54) is 10.6 Å². The Morgan fingerprint density at radius 1 is 1.33 bits per heavy atom.